The number of halogens is 1. The molecule has 0 saturated carbocycles. The smallest absolute Gasteiger partial charge is 0.254 e. The summed E-state index contributed by atoms with van der Waals surface area (Å²) in [6.45, 7) is 12.7. The Balaban J connectivity index is 1.82. The van der Waals surface area contributed by atoms with E-state index in [0.29, 0.717) is 41.9 Å². The number of aromatic nitrogens is 2. The molecule has 34 heavy (non-hydrogen) atoms. The van der Waals surface area contributed by atoms with Gasteiger partial charge in [-0.3, -0.25) is 4.79 Å². The zero-order valence-corrected chi connectivity index (χ0v) is 21.6. The fourth-order valence-electron chi connectivity index (χ4n) is 4.01. The Morgan fingerprint density at radius 3 is 2.71 bits per heavy atom. The van der Waals surface area contributed by atoms with Crippen molar-refractivity contribution in [2.24, 2.45) is 5.92 Å². The van der Waals surface area contributed by atoms with Crippen LogP contribution in [0.15, 0.2) is 42.5 Å². The van der Waals surface area contributed by atoms with Gasteiger partial charge in [0.15, 0.2) is 0 Å². The molecule has 0 saturated heterocycles. The molecule has 184 valence electrons. The van der Waals surface area contributed by atoms with E-state index >= 15 is 0 Å². The quantitative estimate of drug-likeness (QED) is 0.312. The Hall–Kier alpha value is -2.57. The van der Waals surface area contributed by atoms with Crippen molar-refractivity contribution in [1.29, 1.82) is 0 Å². The molecule has 1 heterocycles. The summed E-state index contributed by atoms with van der Waals surface area (Å²) in [5.41, 5.74) is 2.53. The van der Waals surface area contributed by atoms with E-state index in [1.165, 1.54) is 0 Å². The first kappa shape index (κ1) is 26.0. The second-order valence-corrected chi connectivity index (χ2v) is 9.45. The Morgan fingerprint density at radius 2 is 1.97 bits per heavy atom. The molecule has 7 heteroatoms. The van der Waals surface area contributed by atoms with E-state index in [0.717, 1.165) is 49.3 Å². The molecule has 1 aromatic heterocycles. The molecule has 0 radical (unpaired) electrons. The number of hydrogen-bond donors (Lipinski definition) is 1. The van der Waals surface area contributed by atoms with Gasteiger partial charge in [0.05, 0.1) is 17.6 Å². The summed E-state index contributed by atoms with van der Waals surface area (Å²) in [7, 11) is 0. The van der Waals surface area contributed by atoms with Crippen LogP contribution in [0.3, 0.4) is 0 Å². The van der Waals surface area contributed by atoms with Crippen molar-refractivity contribution in [3.8, 4) is 5.75 Å². The minimum Gasteiger partial charge on any atom is -0.492 e. The van der Waals surface area contributed by atoms with Gasteiger partial charge in [0.1, 0.15) is 18.2 Å². The number of benzene rings is 2. The summed E-state index contributed by atoms with van der Waals surface area (Å²) in [5, 5.41) is 4.01. The number of ether oxygens (including phenoxy) is 1. The minimum atomic E-state index is -0.0172. The van der Waals surface area contributed by atoms with Gasteiger partial charge >= 0.3 is 0 Å². The molecular weight excluding hydrogens is 448 g/mol. The number of carbonyl (C=O) groups is 1. The van der Waals surface area contributed by atoms with Crippen LogP contribution in [0.5, 0.6) is 5.75 Å². The number of carbonyl (C=O) groups excluding carboxylic acids is 1. The number of aryl methyl sites for hydroxylation is 1. The first-order valence-corrected chi connectivity index (χ1v) is 12.7. The van der Waals surface area contributed by atoms with Gasteiger partial charge in [0.25, 0.3) is 5.91 Å². The lowest BCUT2D eigenvalue weighted by molar-refractivity contribution is 0.0715. The van der Waals surface area contributed by atoms with Crippen LogP contribution in [-0.2, 0) is 13.1 Å². The Labute approximate surface area is 208 Å². The van der Waals surface area contributed by atoms with Crippen LogP contribution in [0.25, 0.3) is 11.0 Å². The van der Waals surface area contributed by atoms with Crippen molar-refractivity contribution in [1.82, 2.24) is 19.8 Å². The van der Waals surface area contributed by atoms with Crippen molar-refractivity contribution in [2.45, 2.75) is 53.6 Å². The third-order valence-electron chi connectivity index (χ3n) is 5.50. The third kappa shape index (κ3) is 6.97. The zero-order valence-electron chi connectivity index (χ0n) is 20.8. The van der Waals surface area contributed by atoms with E-state index in [2.05, 4.69) is 37.6 Å². The van der Waals surface area contributed by atoms with Crippen LogP contribution in [0.2, 0.25) is 5.02 Å². The average molecular weight is 485 g/mol. The maximum Gasteiger partial charge on any atom is 0.254 e. The maximum atomic E-state index is 13.6. The first-order chi connectivity index (χ1) is 16.4. The molecule has 0 aliphatic carbocycles. The van der Waals surface area contributed by atoms with Crippen LogP contribution in [0.1, 0.15) is 56.7 Å². The van der Waals surface area contributed by atoms with Crippen LogP contribution in [-0.4, -0.2) is 46.6 Å². The molecule has 0 aliphatic heterocycles. The van der Waals surface area contributed by atoms with Crippen molar-refractivity contribution < 1.29 is 9.53 Å². The molecule has 0 unspecified atom stereocenters. The van der Waals surface area contributed by atoms with Gasteiger partial charge in [-0.15, -0.1) is 0 Å². The molecule has 0 aliphatic rings. The van der Waals surface area contributed by atoms with E-state index in [1.54, 1.807) is 0 Å². The van der Waals surface area contributed by atoms with Gasteiger partial charge in [-0.2, -0.15) is 0 Å². The molecule has 2 aromatic carbocycles. The number of hydrogen-bond acceptors (Lipinski definition) is 4. The first-order valence-electron chi connectivity index (χ1n) is 12.3. The highest BCUT2D eigenvalue weighted by Crippen LogP contribution is 2.23. The molecule has 0 bridgehead atoms. The van der Waals surface area contributed by atoms with Crippen LogP contribution < -0.4 is 10.1 Å². The highest BCUT2D eigenvalue weighted by atomic mass is 35.5. The number of amides is 1. The number of nitrogens with one attached hydrogen (secondary N) is 1. The van der Waals surface area contributed by atoms with Crippen molar-refractivity contribution in [2.75, 3.05) is 26.2 Å². The summed E-state index contributed by atoms with van der Waals surface area (Å²) in [4.78, 5) is 20.3. The van der Waals surface area contributed by atoms with E-state index < -0.39 is 0 Å². The van der Waals surface area contributed by atoms with Crippen LogP contribution >= 0.6 is 11.6 Å². The molecule has 0 fully saturated rings. The highest BCUT2D eigenvalue weighted by molar-refractivity contribution is 6.31. The molecule has 0 atom stereocenters. The standard InChI is InChI=1S/C27H37ClN4O2/c1-5-12-29-13-15-34-23-9-7-8-21(16-23)27(33)31(18-20(3)4)19-26-30-24-11-10-22(28)17-25(24)32(26)14-6-2/h7-11,16-17,20,29H,5-6,12-15,18-19H2,1-4H3. The number of fused-ring (bicyclic) bond motifs is 1. The number of rotatable bonds is 13. The van der Waals surface area contributed by atoms with Gasteiger partial charge in [-0.05, 0) is 61.7 Å². The Bertz CT molecular complexity index is 1080. The second-order valence-electron chi connectivity index (χ2n) is 9.02. The van der Waals surface area contributed by atoms with Gasteiger partial charge in [-0.25, -0.2) is 4.98 Å². The van der Waals surface area contributed by atoms with Gasteiger partial charge in [0, 0.05) is 30.2 Å². The van der Waals surface area contributed by atoms with Gasteiger partial charge in [-0.1, -0.05) is 45.4 Å². The average Bonchev–Trinajstić information content (AvgIpc) is 3.14. The number of imidazole rings is 1. The molecular formula is C27H37ClN4O2. The Morgan fingerprint density at radius 1 is 1.15 bits per heavy atom. The monoisotopic (exact) mass is 484 g/mol. The van der Waals surface area contributed by atoms with Crippen LogP contribution in [0, 0.1) is 5.92 Å². The van der Waals surface area contributed by atoms with Crippen molar-refractivity contribution in [3.05, 3.63) is 58.9 Å². The van der Waals surface area contributed by atoms with Gasteiger partial charge < -0.3 is 19.5 Å². The largest absolute Gasteiger partial charge is 0.492 e. The van der Waals surface area contributed by atoms with E-state index in [1.807, 2.05) is 47.4 Å². The van der Waals surface area contributed by atoms with Gasteiger partial charge in [0.2, 0.25) is 0 Å². The van der Waals surface area contributed by atoms with Crippen molar-refractivity contribution in [3.63, 3.8) is 0 Å². The van der Waals surface area contributed by atoms with E-state index in [4.69, 9.17) is 21.3 Å². The normalized spacial score (nSPS) is 11.4. The fourth-order valence-corrected chi connectivity index (χ4v) is 4.18. The SMILES string of the molecule is CCCNCCOc1cccc(C(=O)N(Cc2nc3ccc(Cl)cc3n2CCC)CC(C)C)c1. The lowest BCUT2D eigenvalue weighted by Gasteiger charge is -2.25. The fraction of sp³-hybridized carbons (Fsp3) is 0.481. The molecule has 0 spiro atoms. The summed E-state index contributed by atoms with van der Waals surface area (Å²) in [6.07, 6.45) is 2.06. The molecule has 6 nitrogen and oxygen atoms in total. The molecule has 3 aromatic rings. The predicted octanol–water partition coefficient (Wildman–Crippen LogP) is 5.78. The molecule has 1 amide bonds. The van der Waals surface area contributed by atoms with Crippen molar-refractivity contribution >= 4 is 28.5 Å². The lowest BCUT2D eigenvalue weighted by Crippen LogP contribution is -2.34. The summed E-state index contributed by atoms with van der Waals surface area (Å²) in [5.74, 6) is 1.90. The number of nitrogens with zero attached hydrogens (tertiary/aromatic N) is 3. The Kier molecular flexibility index (Phi) is 9.78. The van der Waals surface area contributed by atoms with E-state index in [-0.39, 0.29) is 5.91 Å². The molecule has 3 rings (SSSR count). The summed E-state index contributed by atoms with van der Waals surface area (Å²) in [6, 6.07) is 13.2. The zero-order chi connectivity index (χ0) is 24.5. The maximum absolute atomic E-state index is 13.6. The predicted molar refractivity (Wildman–Crippen MR) is 140 cm³/mol. The summed E-state index contributed by atoms with van der Waals surface area (Å²) < 4.78 is 8.05. The topological polar surface area (TPSA) is 59.4 Å². The van der Waals surface area contributed by atoms with Crippen LogP contribution in [0.4, 0.5) is 0 Å². The lowest BCUT2D eigenvalue weighted by atomic mass is 10.1. The van der Waals surface area contributed by atoms with E-state index in [9.17, 15) is 4.79 Å². The molecule has 1 N–H and O–H groups in total. The highest BCUT2D eigenvalue weighted by Gasteiger charge is 2.21. The minimum absolute atomic E-state index is 0.0172. The second kappa shape index (κ2) is 12.8. The summed E-state index contributed by atoms with van der Waals surface area (Å²) >= 11 is 6.26. The third-order valence-corrected chi connectivity index (χ3v) is 5.73.